The van der Waals surface area contributed by atoms with E-state index in [0.717, 1.165) is 11.3 Å². The number of amides is 1. The zero-order valence-electron chi connectivity index (χ0n) is 14.8. The molecule has 6 nitrogen and oxygen atoms in total. The zero-order chi connectivity index (χ0) is 19.4. The molecule has 0 spiro atoms. The highest BCUT2D eigenvalue weighted by Gasteiger charge is 2.13. The van der Waals surface area contributed by atoms with Gasteiger partial charge in [-0.1, -0.05) is 36.4 Å². The van der Waals surface area contributed by atoms with Crippen LogP contribution in [0.4, 0.5) is 5.69 Å². The van der Waals surface area contributed by atoms with E-state index >= 15 is 0 Å². The van der Waals surface area contributed by atoms with Gasteiger partial charge in [-0.25, -0.2) is 13.6 Å². The first kappa shape index (κ1) is 18.9. The number of hydrogen-bond donors (Lipinski definition) is 2. The molecule has 0 atom stereocenters. The van der Waals surface area contributed by atoms with Crippen molar-refractivity contribution in [3.63, 3.8) is 0 Å². The van der Waals surface area contributed by atoms with Crippen LogP contribution in [0.2, 0.25) is 0 Å². The van der Waals surface area contributed by atoms with E-state index in [4.69, 9.17) is 9.56 Å². The molecule has 7 heteroatoms. The molecule has 1 amide bonds. The van der Waals surface area contributed by atoms with Crippen molar-refractivity contribution in [2.45, 2.75) is 24.7 Å². The largest absolute Gasteiger partial charge is 0.461 e. The van der Waals surface area contributed by atoms with Gasteiger partial charge in [-0.3, -0.25) is 4.79 Å². The maximum Gasteiger partial charge on any atom is 0.238 e. The van der Waals surface area contributed by atoms with Crippen LogP contribution in [-0.2, 0) is 21.2 Å². The van der Waals surface area contributed by atoms with Gasteiger partial charge in [0, 0.05) is 24.1 Å². The minimum Gasteiger partial charge on any atom is -0.461 e. The van der Waals surface area contributed by atoms with Gasteiger partial charge in [0.2, 0.25) is 15.9 Å². The van der Waals surface area contributed by atoms with Crippen LogP contribution in [0.5, 0.6) is 0 Å². The molecule has 1 aromatic heterocycles. The molecule has 3 rings (SSSR count). The SMILES string of the molecule is Cc1ccc(NC(=O)CCc2ccc(-c3ccccc3)o2)cc1S(N)(=O)=O. The van der Waals surface area contributed by atoms with Gasteiger partial charge in [-0.05, 0) is 36.8 Å². The van der Waals surface area contributed by atoms with Gasteiger partial charge in [-0.15, -0.1) is 0 Å². The van der Waals surface area contributed by atoms with E-state index in [9.17, 15) is 13.2 Å². The number of furan rings is 1. The highest BCUT2D eigenvalue weighted by molar-refractivity contribution is 7.89. The topological polar surface area (TPSA) is 102 Å². The summed E-state index contributed by atoms with van der Waals surface area (Å²) in [5.41, 5.74) is 1.89. The number of hydrogen-bond acceptors (Lipinski definition) is 4. The number of nitrogens with one attached hydrogen (secondary N) is 1. The third kappa shape index (κ3) is 4.84. The predicted molar refractivity (Wildman–Crippen MR) is 104 cm³/mol. The number of nitrogens with two attached hydrogens (primary N) is 1. The molecule has 0 fully saturated rings. The van der Waals surface area contributed by atoms with Crippen LogP contribution in [0.15, 0.2) is 70.0 Å². The summed E-state index contributed by atoms with van der Waals surface area (Å²) < 4.78 is 28.9. The molecule has 0 radical (unpaired) electrons. The number of primary sulfonamides is 1. The Morgan fingerprint density at radius 2 is 1.81 bits per heavy atom. The summed E-state index contributed by atoms with van der Waals surface area (Å²) in [7, 11) is -3.84. The number of rotatable bonds is 6. The number of carbonyl (C=O) groups is 1. The average Bonchev–Trinajstić information content (AvgIpc) is 3.10. The highest BCUT2D eigenvalue weighted by Crippen LogP contribution is 2.23. The van der Waals surface area contributed by atoms with E-state index in [1.54, 1.807) is 19.1 Å². The Balaban J connectivity index is 1.62. The van der Waals surface area contributed by atoms with Crippen molar-refractivity contribution in [1.29, 1.82) is 0 Å². The lowest BCUT2D eigenvalue weighted by molar-refractivity contribution is -0.116. The van der Waals surface area contributed by atoms with Crippen molar-refractivity contribution in [3.05, 3.63) is 72.0 Å². The maximum absolute atomic E-state index is 12.2. The molecule has 0 aliphatic rings. The maximum atomic E-state index is 12.2. The van der Waals surface area contributed by atoms with Gasteiger partial charge in [0.05, 0.1) is 4.90 Å². The van der Waals surface area contributed by atoms with Crippen molar-refractivity contribution in [3.8, 4) is 11.3 Å². The summed E-state index contributed by atoms with van der Waals surface area (Å²) in [5, 5.41) is 7.88. The van der Waals surface area contributed by atoms with Crippen molar-refractivity contribution in [2.75, 3.05) is 5.32 Å². The van der Waals surface area contributed by atoms with Crippen molar-refractivity contribution in [2.24, 2.45) is 5.14 Å². The molecule has 2 aromatic carbocycles. The number of carbonyl (C=O) groups excluding carboxylic acids is 1. The molecular weight excluding hydrogens is 364 g/mol. The Bertz CT molecular complexity index is 1060. The molecule has 0 unspecified atom stereocenters. The quantitative estimate of drug-likeness (QED) is 0.679. The molecule has 27 heavy (non-hydrogen) atoms. The third-order valence-electron chi connectivity index (χ3n) is 4.10. The Kier molecular flexibility index (Phi) is 5.43. The van der Waals surface area contributed by atoms with Gasteiger partial charge < -0.3 is 9.73 Å². The standard InChI is InChI=1S/C20H20N2O4S/c1-14-7-8-16(13-19(14)27(21,24)25)22-20(23)12-10-17-9-11-18(26-17)15-5-3-2-4-6-15/h2-9,11,13H,10,12H2,1H3,(H,22,23)(H2,21,24,25). The summed E-state index contributed by atoms with van der Waals surface area (Å²) in [4.78, 5) is 12.2. The lowest BCUT2D eigenvalue weighted by Gasteiger charge is -2.08. The summed E-state index contributed by atoms with van der Waals surface area (Å²) in [6.45, 7) is 1.65. The number of benzene rings is 2. The normalized spacial score (nSPS) is 11.3. The molecule has 140 valence electrons. The van der Waals surface area contributed by atoms with Crippen LogP contribution in [0.3, 0.4) is 0 Å². The molecule has 0 aliphatic carbocycles. The summed E-state index contributed by atoms with van der Waals surface area (Å²) >= 11 is 0. The first-order chi connectivity index (χ1) is 12.8. The molecule has 0 saturated carbocycles. The van der Waals surface area contributed by atoms with E-state index in [0.29, 0.717) is 23.4 Å². The van der Waals surface area contributed by atoms with Crippen molar-refractivity contribution >= 4 is 21.6 Å². The smallest absolute Gasteiger partial charge is 0.238 e. The van der Waals surface area contributed by atoms with Gasteiger partial charge in [0.25, 0.3) is 0 Å². The first-order valence-electron chi connectivity index (χ1n) is 8.40. The Hall–Kier alpha value is -2.90. The molecule has 1 heterocycles. The highest BCUT2D eigenvalue weighted by atomic mass is 32.2. The Morgan fingerprint density at radius 3 is 2.52 bits per heavy atom. The van der Waals surface area contributed by atoms with E-state index in [1.165, 1.54) is 6.07 Å². The molecule has 0 bridgehead atoms. The summed E-state index contributed by atoms with van der Waals surface area (Å²) in [5.74, 6) is 1.22. The second-order valence-electron chi connectivity index (χ2n) is 6.21. The van der Waals surface area contributed by atoms with E-state index < -0.39 is 10.0 Å². The van der Waals surface area contributed by atoms with E-state index in [2.05, 4.69) is 5.32 Å². The van der Waals surface area contributed by atoms with Crippen molar-refractivity contribution < 1.29 is 17.6 Å². The average molecular weight is 384 g/mol. The molecule has 0 aliphatic heterocycles. The fourth-order valence-electron chi connectivity index (χ4n) is 2.71. The number of anilines is 1. The Labute approximate surface area is 158 Å². The van der Waals surface area contributed by atoms with Gasteiger partial charge >= 0.3 is 0 Å². The summed E-state index contributed by atoms with van der Waals surface area (Å²) in [6.07, 6.45) is 0.646. The summed E-state index contributed by atoms with van der Waals surface area (Å²) in [6, 6.07) is 18.0. The lowest BCUT2D eigenvalue weighted by atomic mass is 10.2. The first-order valence-corrected chi connectivity index (χ1v) is 9.95. The van der Waals surface area contributed by atoms with Crippen LogP contribution in [-0.4, -0.2) is 14.3 Å². The Morgan fingerprint density at radius 1 is 1.07 bits per heavy atom. The second kappa shape index (κ2) is 7.77. The van der Waals surface area contributed by atoms with Crippen LogP contribution in [0, 0.1) is 6.92 Å². The molecule has 0 saturated heterocycles. The minimum absolute atomic E-state index is 0.00108. The molecular formula is C20H20N2O4S. The van der Waals surface area contributed by atoms with Crippen LogP contribution in [0.1, 0.15) is 17.7 Å². The van der Waals surface area contributed by atoms with Crippen LogP contribution in [0.25, 0.3) is 11.3 Å². The monoisotopic (exact) mass is 384 g/mol. The predicted octanol–water partition coefficient (Wildman–Crippen LogP) is 3.47. The fraction of sp³-hybridized carbons (Fsp3) is 0.150. The van der Waals surface area contributed by atoms with Gasteiger partial charge in [0.15, 0.2) is 0 Å². The third-order valence-corrected chi connectivity index (χ3v) is 5.15. The van der Waals surface area contributed by atoms with Gasteiger partial charge in [-0.2, -0.15) is 0 Å². The van der Waals surface area contributed by atoms with E-state index in [1.807, 2.05) is 42.5 Å². The number of sulfonamides is 1. The molecule has 3 N–H and O–H groups in total. The fourth-order valence-corrected chi connectivity index (χ4v) is 3.52. The minimum atomic E-state index is -3.84. The van der Waals surface area contributed by atoms with Crippen LogP contribution < -0.4 is 10.5 Å². The van der Waals surface area contributed by atoms with Gasteiger partial charge in [0.1, 0.15) is 11.5 Å². The number of aryl methyl sites for hydroxylation is 2. The van der Waals surface area contributed by atoms with Crippen molar-refractivity contribution in [1.82, 2.24) is 0 Å². The second-order valence-corrected chi connectivity index (χ2v) is 7.74. The van der Waals surface area contributed by atoms with E-state index in [-0.39, 0.29) is 17.2 Å². The molecule has 3 aromatic rings. The lowest BCUT2D eigenvalue weighted by Crippen LogP contribution is -2.16. The van der Waals surface area contributed by atoms with Crippen LogP contribution >= 0.6 is 0 Å². The zero-order valence-corrected chi connectivity index (χ0v) is 15.6.